The molecule has 6 heteroatoms. The van der Waals surface area contributed by atoms with Crippen LogP contribution in [0.2, 0.25) is 0 Å². The molecule has 4 aromatic rings. The van der Waals surface area contributed by atoms with Gasteiger partial charge in [-0.25, -0.2) is 0 Å². The SMILES string of the molecule is Cc1cccc(CN=Cc2cc(Br)ccc2O)c1-c1c(C)cccc1CN=Cc1cc(Br)ccc1O. The van der Waals surface area contributed by atoms with Crippen LogP contribution in [-0.2, 0) is 13.1 Å². The molecule has 4 nitrogen and oxygen atoms in total. The fraction of sp³-hybridized carbons (Fsp3) is 0.133. The Kier molecular flexibility index (Phi) is 8.39. The molecule has 0 spiro atoms. The van der Waals surface area contributed by atoms with Crippen molar-refractivity contribution in [3.63, 3.8) is 0 Å². The average molecular weight is 606 g/mol. The van der Waals surface area contributed by atoms with E-state index in [1.54, 1.807) is 36.7 Å². The monoisotopic (exact) mass is 604 g/mol. The molecular formula is C30H26Br2N2O2. The number of hydrogen-bond donors (Lipinski definition) is 2. The van der Waals surface area contributed by atoms with Gasteiger partial charge in [0.15, 0.2) is 0 Å². The minimum atomic E-state index is 0.196. The predicted molar refractivity (Wildman–Crippen MR) is 156 cm³/mol. The van der Waals surface area contributed by atoms with Crippen molar-refractivity contribution in [1.82, 2.24) is 0 Å². The highest BCUT2D eigenvalue weighted by molar-refractivity contribution is 9.10. The Labute approximate surface area is 228 Å². The van der Waals surface area contributed by atoms with Gasteiger partial charge in [-0.05, 0) is 83.6 Å². The molecule has 36 heavy (non-hydrogen) atoms. The second kappa shape index (κ2) is 11.7. The summed E-state index contributed by atoms with van der Waals surface area (Å²) >= 11 is 6.89. The highest BCUT2D eigenvalue weighted by atomic mass is 79.9. The molecule has 0 amide bonds. The molecule has 0 saturated heterocycles. The predicted octanol–water partition coefficient (Wildman–Crippen LogP) is 8.14. The molecule has 2 N–H and O–H groups in total. The van der Waals surface area contributed by atoms with Gasteiger partial charge in [0.1, 0.15) is 11.5 Å². The first kappa shape index (κ1) is 25.9. The summed E-state index contributed by atoms with van der Waals surface area (Å²) in [5, 5.41) is 20.3. The summed E-state index contributed by atoms with van der Waals surface area (Å²) in [6.07, 6.45) is 3.42. The number of nitrogens with zero attached hydrogens (tertiary/aromatic N) is 2. The molecule has 0 aliphatic carbocycles. The van der Waals surface area contributed by atoms with Crippen molar-refractivity contribution >= 4 is 44.3 Å². The van der Waals surface area contributed by atoms with E-state index in [4.69, 9.17) is 0 Å². The van der Waals surface area contributed by atoms with Crippen molar-refractivity contribution in [3.8, 4) is 22.6 Å². The van der Waals surface area contributed by atoms with Gasteiger partial charge in [0.05, 0.1) is 13.1 Å². The van der Waals surface area contributed by atoms with E-state index in [2.05, 4.69) is 80.0 Å². The lowest BCUT2D eigenvalue weighted by Crippen LogP contribution is -1.99. The lowest BCUT2D eigenvalue weighted by Gasteiger charge is -2.17. The number of aromatic hydroxyl groups is 2. The zero-order chi connectivity index (χ0) is 25.7. The topological polar surface area (TPSA) is 65.2 Å². The van der Waals surface area contributed by atoms with Crippen LogP contribution in [-0.4, -0.2) is 22.6 Å². The normalized spacial score (nSPS) is 11.6. The first-order chi connectivity index (χ1) is 17.3. The Morgan fingerprint density at radius 1 is 0.639 bits per heavy atom. The summed E-state index contributed by atoms with van der Waals surface area (Å²) in [7, 11) is 0. The molecule has 0 radical (unpaired) electrons. The molecule has 182 valence electrons. The maximum absolute atomic E-state index is 10.1. The van der Waals surface area contributed by atoms with E-state index >= 15 is 0 Å². The molecule has 0 aliphatic heterocycles. The molecule has 4 aromatic carbocycles. The van der Waals surface area contributed by atoms with Crippen molar-refractivity contribution in [3.05, 3.63) is 115 Å². The Bertz CT molecular complexity index is 1350. The van der Waals surface area contributed by atoms with Gasteiger partial charge in [-0.1, -0.05) is 68.3 Å². The standard InChI is InChI=1S/C30H26Br2N2O2/c1-19-5-3-7-21(15-33-17-23-13-25(31)9-11-27(23)35)29(19)30-20(2)6-4-8-22(30)16-34-18-24-14-26(32)10-12-28(24)36/h3-14,17-18,35-36H,15-16H2,1-2H3. The van der Waals surface area contributed by atoms with E-state index in [-0.39, 0.29) is 11.5 Å². The van der Waals surface area contributed by atoms with Crippen LogP contribution in [0.15, 0.2) is 91.7 Å². The van der Waals surface area contributed by atoms with Crippen LogP contribution in [0, 0.1) is 13.8 Å². The Hall–Kier alpha value is -3.22. The molecule has 4 rings (SSSR count). The van der Waals surface area contributed by atoms with Crippen LogP contribution < -0.4 is 0 Å². The van der Waals surface area contributed by atoms with Crippen LogP contribution >= 0.6 is 31.9 Å². The lowest BCUT2D eigenvalue weighted by atomic mass is 9.88. The van der Waals surface area contributed by atoms with Gasteiger partial charge in [0.2, 0.25) is 0 Å². The number of aryl methyl sites for hydroxylation is 2. The van der Waals surface area contributed by atoms with Crippen molar-refractivity contribution in [2.75, 3.05) is 0 Å². The highest BCUT2D eigenvalue weighted by Crippen LogP contribution is 2.34. The molecule has 0 aliphatic rings. The van der Waals surface area contributed by atoms with E-state index in [9.17, 15) is 10.2 Å². The van der Waals surface area contributed by atoms with Crippen LogP contribution in [0.25, 0.3) is 11.1 Å². The smallest absolute Gasteiger partial charge is 0.124 e. The molecule has 0 atom stereocenters. The van der Waals surface area contributed by atoms with Gasteiger partial charge >= 0.3 is 0 Å². The zero-order valence-electron chi connectivity index (χ0n) is 20.0. The number of phenolic OH excluding ortho intramolecular Hbond substituents is 2. The zero-order valence-corrected chi connectivity index (χ0v) is 23.2. The first-order valence-electron chi connectivity index (χ1n) is 11.5. The number of phenols is 2. The van der Waals surface area contributed by atoms with Crippen molar-refractivity contribution < 1.29 is 10.2 Å². The third-order valence-electron chi connectivity index (χ3n) is 5.93. The van der Waals surface area contributed by atoms with Crippen LogP contribution in [0.4, 0.5) is 0 Å². The fourth-order valence-electron chi connectivity index (χ4n) is 4.18. The van der Waals surface area contributed by atoms with Crippen LogP contribution in [0.1, 0.15) is 33.4 Å². The van der Waals surface area contributed by atoms with Crippen molar-refractivity contribution in [2.45, 2.75) is 26.9 Å². The van der Waals surface area contributed by atoms with E-state index in [0.29, 0.717) is 24.2 Å². The summed E-state index contributed by atoms with van der Waals surface area (Å²) in [6, 6.07) is 23.1. The van der Waals surface area contributed by atoms with Crippen LogP contribution in [0.3, 0.4) is 0 Å². The Morgan fingerprint density at radius 2 is 1.06 bits per heavy atom. The third kappa shape index (κ3) is 6.12. The summed E-state index contributed by atoms with van der Waals surface area (Å²) in [6.45, 7) is 5.18. The molecular weight excluding hydrogens is 580 g/mol. The number of benzene rings is 4. The fourth-order valence-corrected chi connectivity index (χ4v) is 4.94. The molecule has 0 unspecified atom stereocenters. The summed E-state index contributed by atoms with van der Waals surface area (Å²) in [5.41, 5.74) is 8.17. The second-order valence-corrected chi connectivity index (χ2v) is 10.4. The van der Waals surface area contributed by atoms with Crippen molar-refractivity contribution in [2.24, 2.45) is 9.98 Å². The molecule has 0 fully saturated rings. The Balaban J connectivity index is 1.67. The van der Waals surface area contributed by atoms with Gasteiger partial charge in [-0.3, -0.25) is 9.98 Å². The van der Waals surface area contributed by atoms with E-state index in [1.165, 1.54) is 0 Å². The van der Waals surface area contributed by atoms with Gasteiger partial charge < -0.3 is 10.2 Å². The van der Waals surface area contributed by atoms with Gasteiger partial charge in [0.25, 0.3) is 0 Å². The summed E-state index contributed by atoms with van der Waals surface area (Å²) in [5.74, 6) is 0.392. The summed E-state index contributed by atoms with van der Waals surface area (Å²) < 4.78 is 1.78. The maximum Gasteiger partial charge on any atom is 0.124 e. The molecule has 0 aromatic heterocycles. The van der Waals surface area contributed by atoms with Gasteiger partial charge in [-0.2, -0.15) is 0 Å². The summed E-state index contributed by atoms with van der Waals surface area (Å²) in [4.78, 5) is 9.31. The first-order valence-corrected chi connectivity index (χ1v) is 13.1. The minimum absolute atomic E-state index is 0.196. The molecule has 0 saturated carbocycles. The molecule has 0 heterocycles. The number of aliphatic imine (C=N–C) groups is 2. The minimum Gasteiger partial charge on any atom is -0.507 e. The average Bonchev–Trinajstić information content (AvgIpc) is 2.84. The van der Waals surface area contributed by atoms with E-state index in [1.807, 2.05) is 24.3 Å². The molecule has 0 bridgehead atoms. The third-order valence-corrected chi connectivity index (χ3v) is 6.92. The number of halogens is 2. The lowest BCUT2D eigenvalue weighted by molar-refractivity contribution is 0.474. The Morgan fingerprint density at radius 3 is 1.47 bits per heavy atom. The van der Waals surface area contributed by atoms with Gasteiger partial charge in [-0.15, -0.1) is 0 Å². The largest absolute Gasteiger partial charge is 0.507 e. The second-order valence-electron chi connectivity index (χ2n) is 8.56. The maximum atomic E-state index is 10.1. The van der Waals surface area contributed by atoms with Gasteiger partial charge in [0, 0.05) is 32.5 Å². The van der Waals surface area contributed by atoms with Crippen LogP contribution in [0.5, 0.6) is 11.5 Å². The quantitative estimate of drug-likeness (QED) is 0.209. The number of rotatable bonds is 7. The van der Waals surface area contributed by atoms with Crippen molar-refractivity contribution in [1.29, 1.82) is 0 Å². The highest BCUT2D eigenvalue weighted by Gasteiger charge is 2.14. The number of hydrogen-bond acceptors (Lipinski definition) is 4. The van der Waals surface area contributed by atoms with E-state index < -0.39 is 0 Å². The van der Waals surface area contributed by atoms with E-state index in [0.717, 1.165) is 42.3 Å².